The first kappa shape index (κ1) is 22.2. The molecule has 178 valence electrons. The number of aryl methyl sites for hydroxylation is 4. The lowest BCUT2D eigenvalue weighted by atomic mass is 10.1. The Labute approximate surface area is 208 Å². The quantitative estimate of drug-likeness (QED) is 0.357. The molecule has 2 aromatic carbocycles. The molecule has 0 spiro atoms. The molecule has 0 aliphatic carbocycles. The first-order valence-corrected chi connectivity index (χ1v) is 13.7. The second-order valence-corrected chi connectivity index (χ2v) is 11.8. The molecule has 4 aromatic rings. The smallest absolute Gasteiger partial charge is 0.188 e. The molecule has 8 heteroatoms. The van der Waals surface area contributed by atoms with E-state index >= 15 is 0 Å². The molecule has 1 atom stereocenters. The maximum atomic E-state index is 5.98. The van der Waals surface area contributed by atoms with Gasteiger partial charge in [0, 0.05) is 13.2 Å². The predicted octanol–water partition coefficient (Wildman–Crippen LogP) is 5.82. The standard InChI is InChI=1S/C26H31N5OS2/c1-16-8-21-23(10-18(16)3)33-25(27-21)30-13-29(12-20-6-5-7-32-20)14-31(15-30)26-28-22-9-17(2)19(4)11-24(22)34-26/h8-11,20H,5-7,12-15H2,1-4H3/t20-/m0/s1. The number of benzene rings is 2. The van der Waals surface area contributed by atoms with Crippen LogP contribution in [0.2, 0.25) is 0 Å². The summed E-state index contributed by atoms with van der Waals surface area (Å²) in [6.45, 7) is 13.0. The zero-order valence-electron chi connectivity index (χ0n) is 20.3. The third-order valence-electron chi connectivity index (χ3n) is 7.09. The molecule has 2 aliphatic rings. The van der Waals surface area contributed by atoms with Crippen molar-refractivity contribution in [3.05, 3.63) is 46.5 Å². The fraction of sp³-hybridized carbons (Fsp3) is 0.462. The van der Waals surface area contributed by atoms with Gasteiger partial charge in [0.1, 0.15) is 0 Å². The Morgan fingerprint density at radius 2 is 1.32 bits per heavy atom. The number of fused-ring (bicyclic) bond motifs is 2. The number of hydrogen-bond acceptors (Lipinski definition) is 8. The maximum absolute atomic E-state index is 5.98. The minimum absolute atomic E-state index is 0.322. The number of hydrogen-bond donors (Lipinski definition) is 0. The van der Waals surface area contributed by atoms with Crippen molar-refractivity contribution < 1.29 is 4.74 Å². The highest BCUT2D eigenvalue weighted by molar-refractivity contribution is 7.22. The van der Waals surface area contributed by atoms with Gasteiger partial charge in [-0.15, -0.1) is 0 Å². The van der Waals surface area contributed by atoms with Crippen molar-refractivity contribution in [2.24, 2.45) is 0 Å². The molecule has 6 nitrogen and oxygen atoms in total. The Bertz CT molecular complexity index is 1180. The SMILES string of the molecule is Cc1cc2nc(N3CN(C[C@@H]4CCCO4)CN(c4nc5cc(C)c(C)cc5s4)C3)sc2cc1C. The molecule has 0 amide bonds. The van der Waals surface area contributed by atoms with E-state index < -0.39 is 0 Å². The van der Waals surface area contributed by atoms with Crippen molar-refractivity contribution in [2.45, 2.75) is 46.6 Å². The average molecular weight is 494 g/mol. The van der Waals surface area contributed by atoms with E-state index in [-0.39, 0.29) is 0 Å². The fourth-order valence-corrected chi connectivity index (χ4v) is 6.92. The van der Waals surface area contributed by atoms with Crippen LogP contribution in [0.15, 0.2) is 24.3 Å². The fourth-order valence-electron chi connectivity index (χ4n) is 4.86. The Morgan fingerprint density at radius 1 is 0.794 bits per heavy atom. The van der Waals surface area contributed by atoms with Crippen molar-refractivity contribution in [1.29, 1.82) is 0 Å². The molecule has 0 unspecified atom stereocenters. The Balaban J connectivity index is 1.34. The van der Waals surface area contributed by atoms with E-state index in [4.69, 9.17) is 14.7 Å². The highest BCUT2D eigenvalue weighted by Crippen LogP contribution is 2.35. The number of rotatable bonds is 4. The van der Waals surface area contributed by atoms with Crippen LogP contribution >= 0.6 is 22.7 Å². The maximum Gasteiger partial charge on any atom is 0.188 e. The van der Waals surface area contributed by atoms with E-state index in [2.05, 4.69) is 66.7 Å². The monoisotopic (exact) mass is 493 g/mol. The summed E-state index contributed by atoms with van der Waals surface area (Å²) in [5.41, 5.74) is 7.43. The van der Waals surface area contributed by atoms with Crippen LogP contribution in [-0.2, 0) is 4.74 Å². The molecule has 2 saturated heterocycles. The van der Waals surface area contributed by atoms with Gasteiger partial charge in [0.05, 0.1) is 46.5 Å². The second kappa shape index (κ2) is 8.75. The molecule has 2 fully saturated rings. The van der Waals surface area contributed by atoms with Crippen molar-refractivity contribution in [3.63, 3.8) is 0 Å². The first-order chi connectivity index (χ1) is 16.4. The third kappa shape index (κ3) is 4.17. The lowest BCUT2D eigenvalue weighted by Gasteiger charge is -2.42. The van der Waals surface area contributed by atoms with Gasteiger partial charge in [-0.3, -0.25) is 4.90 Å². The molecule has 2 aliphatic heterocycles. The molecular weight excluding hydrogens is 462 g/mol. The van der Waals surface area contributed by atoms with Crippen LogP contribution in [0.3, 0.4) is 0 Å². The number of nitrogens with zero attached hydrogens (tertiary/aromatic N) is 5. The zero-order valence-corrected chi connectivity index (χ0v) is 21.9. The average Bonchev–Trinajstić information content (AvgIpc) is 3.55. The summed E-state index contributed by atoms with van der Waals surface area (Å²) in [7, 11) is 0. The van der Waals surface area contributed by atoms with Crippen LogP contribution in [-0.4, -0.2) is 54.1 Å². The van der Waals surface area contributed by atoms with Crippen molar-refractivity contribution in [3.8, 4) is 0 Å². The molecule has 4 heterocycles. The van der Waals surface area contributed by atoms with Gasteiger partial charge in [0.15, 0.2) is 10.3 Å². The van der Waals surface area contributed by atoms with Gasteiger partial charge in [0.2, 0.25) is 0 Å². The lowest BCUT2D eigenvalue weighted by Crippen LogP contribution is -2.56. The summed E-state index contributed by atoms with van der Waals surface area (Å²) < 4.78 is 8.49. The van der Waals surface area contributed by atoms with Gasteiger partial charge in [-0.25, -0.2) is 9.97 Å². The number of thiazole rings is 2. The summed E-state index contributed by atoms with van der Waals surface area (Å²) in [5.74, 6) is 0. The minimum atomic E-state index is 0.322. The highest BCUT2D eigenvalue weighted by Gasteiger charge is 2.30. The molecule has 0 bridgehead atoms. The number of ether oxygens (including phenoxy) is 1. The molecule has 0 radical (unpaired) electrons. The van der Waals surface area contributed by atoms with Gasteiger partial charge < -0.3 is 14.5 Å². The van der Waals surface area contributed by atoms with Crippen LogP contribution in [0.4, 0.5) is 10.3 Å². The largest absolute Gasteiger partial charge is 0.377 e. The van der Waals surface area contributed by atoms with Crippen LogP contribution in [0.1, 0.15) is 35.1 Å². The van der Waals surface area contributed by atoms with E-state index in [9.17, 15) is 0 Å². The first-order valence-electron chi connectivity index (χ1n) is 12.0. The summed E-state index contributed by atoms with van der Waals surface area (Å²) in [5, 5.41) is 2.16. The van der Waals surface area contributed by atoms with E-state index in [0.29, 0.717) is 6.10 Å². The topological polar surface area (TPSA) is 44.7 Å². The minimum Gasteiger partial charge on any atom is -0.377 e. The molecule has 6 rings (SSSR count). The zero-order chi connectivity index (χ0) is 23.4. The van der Waals surface area contributed by atoms with Crippen molar-refractivity contribution in [2.75, 3.05) is 43.0 Å². The highest BCUT2D eigenvalue weighted by atomic mass is 32.1. The van der Waals surface area contributed by atoms with Gasteiger partial charge in [0.25, 0.3) is 0 Å². The Kier molecular flexibility index (Phi) is 5.72. The van der Waals surface area contributed by atoms with Gasteiger partial charge in [-0.05, 0) is 87.1 Å². The summed E-state index contributed by atoms with van der Waals surface area (Å²) in [4.78, 5) is 17.4. The van der Waals surface area contributed by atoms with E-state index in [1.807, 2.05) is 0 Å². The molecular formula is C26H31N5OS2. The van der Waals surface area contributed by atoms with E-state index in [0.717, 1.165) is 60.9 Å². The summed E-state index contributed by atoms with van der Waals surface area (Å²) in [6.07, 6.45) is 2.64. The van der Waals surface area contributed by atoms with Crippen LogP contribution < -0.4 is 9.80 Å². The summed E-state index contributed by atoms with van der Waals surface area (Å²) in [6, 6.07) is 8.98. The predicted molar refractivity (Wildman–Crippen MR) is 143 cm³/mol. The van der Waals surface area contributed by atoms with Gasteiger partial charge >= 0.3 is 0 Å². The normalized spacial score (nSPS) is 19.7. The molecule has 2 aromatic heterocycles. The van der Waals surface area contributed by atoms with E-state index in [1.54, 1.807) is 22.7 Å². The van der Waals surface area contributed by atoms with Crippen LogP contribution in [0, 0.1) is 27.7 Å². The molecule has 34 heavy (non-hydrogen) atoms. The lowest BCUT2D eigenvalue weighted by molar-refractivity contribution is 0.0689. The van der Waals surface area contributed by atoms with Crippen molar-refractivity contribution >= 4 is 53.4 Å². The Hall–Kier alpha value is -2.26. The van der Waals surface area contributed by atoms with Crippen LogP contribution in [0.5, 0.6) is 0 Å². The number of anilines is 2. The van der Waals surface area contributed by atoms with Crippen molar-refractivity contribution in [1.82, 2.24) is 14.9 Å². The number of aromatic nitrogens is 2. The van der Waals surface area contributed by atoms with Gasteiger partial charge in [-0.2, -0.15) is 0 Å². The second-order valence-electron chi connectivity index (χ2n) is 9.79. The Morgan fingerprint density at radius 3 is 1.82 bits per heavy atom. The van der Waals surface area contributed by atoms with Crippen LogP contribution in [0.25, 0.3) is 20.4 Å². The molecule has 0 saturated carbocycles. The molecule has 0 N–H and O–H groups in total. The van der Waals surface area contributed by atoms with E-state index in [1.165, 1.54) is 38.1 Å². The third-order valence-corrected chi connectivity index (χ3v) is 9.25. The van der Waals surface area contributed by atoms with Gasteiger partial charge in [-0.1, -0.05) is 22.7 Å². The summed E-state index contributed by atoms with van der Waals surface area (Å²) >= 11 is 3.58.